The average Bonchev–Trinajstić information content (AvgIpc) is 3.11. The molecule has 0 spiro atoms. The fraction of sp³-hybridized carbons (Fsp3) is 0.238. The lowest BCUT2D eigenvalue weighted by Gasteiger charge is -2.18. The fourth-order valence-electron chi connectivity index (χ4n) is 3.09. The van der Waals surface area contributed by atoms with Crippen LogP contribution in [-0.4, -0.2) is 36.8 Å². The summed E-state index contributed by atoms with van der Waals surface area (Å²) >= 11 is 12.2. The molecular formula is C21H19Cl2N3O5. The Morgan fingerprint density at radius 3 is 2.35 bits per heavy atom. The van der Waals surface area contributed by atoms with Crippen molar-refractivity contribution in [3.63, 3.8) is 0 Å². The molecule has 1 aliphatic rings. The van der Waals surface area contributed by atoms with Crippen molar-refractivity contribution in [1.82, 2.24) is 0 Å². The van der Waals surface area contributed by atoms with E-state index in [4.69, 9.17) is 27.9 Å². The van der Waals surface area contributed by atoms with E-state index < -0.39 is 24.4 Å². The van der Waals surface area contributed by atoms with Crippen LogP contribution < -0.4 is 15.5 Å². The minimum absolute atomic E-state index is 0.0477. The van der Waals surface area contributed by atoms with Crippen molar-refractivity contribution in [3.05, 3.63) is 52.5 Å². The summed E-state index contributed by atoms with van der Waals surface area (Å²) in [6.07, 6.45) is -0.0477. The zero-order chi connectivity index (χ0) is 22.5. The quantitative estimate of drug-likeness (QED) is 0.637. The number of carbonyl (C=O) groups excluding carboxylic acids is 4. The molecule has 0 unspecified atom stereocenters. The lowest BCUT2D eigenvalue weighted by molar-refractivity contribution is -0.151. The molecule has 2 aromatic rings. The van der Waals surface area contributed by atoms with Crippen LogP contribution in [0.2, 0.25) is 10.0 Å². The van der Waals surface area contributed by atoms with Crippen molar-refractivity contribution in [3.8, 4) is 0 Å². The number of hydrogen-bond donors (Lipinski definition) is 2. The molecule has 10 heteroatoms. The van der Waals surface area contributed by atoms with E-state index in [9.17, 15) is 19.2 Å². The van der Waals surface area contributed by atoms with Crippen molar-refractivity contribution < 1.29 is 23.9 Å². The molecule has 1 heterocycles. The molecular weight excluding hydrogens is 445 g/mol. The molecule has 2 aromatic carbocycles. The predicted octanol–water partition coefficient (Wildman–Crippen LogP) is 3.49. The number of nitrogens with zero attached hydrogens (tertiary/aromatic N) is 1. The van der Waals surface area contributed by atoms with Crippen molar-refractivity contribution in [2.75, 3.05) is 28.7 Å². The Kier molecular flexibility index (Phi) is 7.14. The van der Waals surface area contributed by atoms with E-state index in [2.05, 4.69) is 10.6 Å². The third kappa shape index (κ3) is 5.74. The number of carbonyl (C=O) groups is 4. The first kappa shape index (κ1) is 22.6. The molecule has 31 heavy (non-hydrogen) atoms. The monoisotopic (exact) mass is 463 g/mol. The second kappa shape index (κ2) is 9.80. The van der Waals surface area contributed by atoms with Crippen molar-refractivity contribution in [2.45, 2.75) is 13.3 Å². The van der Waals surface area contributed by atoms with E-state index >= 15 is 0 Å². The molecule has 1 aliphatic heterocycles. The fourth-order valence-corrected chi connectivity index (χ4v) is 3.49. The number of halogens is 2. The Hall–Kier alpha value is -3.10. The number of ether oxygens (including phenoxy) is 1. The molecule has 1 saturated heterocycles. The lowest BCUT2D eigenvalue weighted by Crippen LogP contribution is -2.28. The zero-order valence-electron chi connectivity index (χ0n) is 16.5. The summed E-state index contributed by atoms with van der Waals surface area (Å²) in [5.74, 6) is -2.38. The number of anilines is 3. The van der Waals surface area contributed by atoms with Crippen LogP contribution in [0, 0.1) is 5.92 Å². The van der Waals surface area contributed by atoms with Gasteiger partial charge >= 0.3 is 5.97 Å². The summed E-state index contributed by atoms with van der Waals surface area (Å²) in [4.78, 5) is 49.1. The van der Waals surface area contributed by atoms with Crippen LogP contribution in [0.25, 0.3) is 0 Å². The van der Waals surface area contributed by atoms with E-state index in [0.717, 1.165) is 0 Å². The maximum absolute atomic E-state index is 12.3. The maximum atomic E-state index is 12.3. The number of rotatable bonds is 6. The highest BCUT2D eigenvalue weighted by Gasteiger charge is 2.37. The molecule has 0 radical (unpaired) electrons. The first-order chi connectivity index (χ1) is 14.7. The highest BCUT2D eigenvalue weighted by molar-refractivity contribution is 6.44. The zero-order valence-corrected chi connectivity index (χ0v) is 18.0. The van der Waals surface area contributed by atoms with Crippen LogP contribution >= 0.6 is 23.2 Å². The number of nitrogens with one attached hydrogen (secondary N) is 2. The maximum Gasteiger partial charge on any atom is 0.311 e. The second-order valence-electron chi connectivity index (χ2n) is 6.89. The highest BCUT2D eigenvalue weighted by Crippen LogP contribution is 2.35. The largest absolute Gasteiger partial charge is 0.455 e. The third-order valence-corrected chi connectivity index (χ3v) is 5.32. The van der Waals surface area contributed by atoms with Crippen molar-refractivity contribution >= 4 is 64.0 Å². The van der Waals surface area contributed by atoms with Gasteiger partial charge in [0, 0.05) is 31.3 Å². The number of benzene rings is 2. The van der Waals surface area contributed by atoms with Gasteiger partial charge in [-0.05, 0) is 36.4 Å². The number of hydrogen-bond acceptors (Lipinski definition) is 5. The van der Waals surface area contributed by atoms with Crippen molar-refractivity contribution in [2.24, 2.45) is 5.92 Å². The van der Waals surface area contributed by atoms with Gasteiger partial charge in [0.05, 0.1) is 21.7 Å². The van der Waals surface area contributed by atoms with Gasteiger partial charge in [0.2, 0.25) is 11.8 Å². The van der Waals surface area contributed by atoms with Gasteiger partial charge < -0.3 is 20.3 Å². The Labute approximate surface area is 188 Å². The standard InChI is InChI=1S/C21H19Cl2N3O5/c1-12(27)24-14-5-7-15(8-6-14)25-18(28)11-31-21(30)13-9-19(29)26(10-13)17-4-2-3-16(22)20(17)23/h2-8,13H,9-11H2,1H3,(H,24,27)(H,25,28)/t13-/m1/s1. The molecule has 1 fully saturated rings. The number of amides is 3. The predicted molar refractivity (Wildman–Crippen MR) is 117 cm³/mol. The van der Waals surface area contributed by atoms with Crippen LogP contribution in [0.5, 0.6) is 0 Å². The summed E-state index contributed by atoms with van der Waals surface area (Å²) in [6.45, 7) is 0.990. The molecule has 3 rings (SSSR count). The van der Waals surface area contributed by atoms with Gasteiger partial charge in [0.25, 0.3) is 5.91 Å². The minimum atomic E-state index is -0.715. The normalized spacial score (nSPS) is 15.5. The molecule has 162 valence electrons. The Balaban J connectivity index is 1.51. The van der Waals surface area contributed by atoms with Gasteiger partial charge in [-0.2, -0.15) is 0 Å². The summed E-state index contributed by atoms with van der Waals surface area (Å²) < 4.78 is 5.08. The van der Waals surface area contributed by atoms with Gasteiger partial charge in [0.1, 0.15) is 0 Å². The average molecular weight is 464 g/mol. The summed E-state index contributed by atoms with van der Waals surface area (Å²) in [6, 6.07) is 11.4. The Morgan fingerprint density at radius 1 is 1.06 bits per heavy atom. The Bertz CT molecular complexity index is 1030. The first-order valence-corrected chi connectivity index (χ1v) is 10.1. The molecule has 0 saturated carbocycles. The molecule has 3 amide bonds. The summed E-state index contributed by atoms with van der Waals surface area (Å²) in [5.41, 5.74) is 1.50. The molecule has 0 aliphatic carbocycles. The molecule has 1 atom stereocenters. The molecule has 2 N–H and O–H groups in total. The number of esters is 1. The summed E-state index contributed by atoms with van der Waals surface area (Å²) in [7, 11) is 0. The van der Waals surface area contributed by atoms with Crippen LogP contribution in [0.4, 0.5) is 17.1 Å². The van der Waals surface area contributed by atoms with E-state index in [1.54, 1.807) is 42.5 Å². The van der Waals surface area contributed by atoms with E-state index in [0.29, 0.717) is 22.1 Å². The first-order valence-electron chi connectivity index (χ1n) is 9.33. The SMILES string of the molecule is CC(=O)Nc1ccc(NC(=O)COC(=O)[C@@H]2CC(=O)N(c3cccc(Cl)c3Cl)C2)cc1. The van der Waals surface area contributed by atoms with Crippen LogP contribution in [0.1, 0.15) is 13.3 Å². The van der Waals surface area contributed by atoms with Crippen LogP contribution in [0.3, 0.4) is 0 Å². The topological polar surface area (TPSA) is 105 Å². The van der Waals surface area contributed by atoms with Crippen LogP contribution in [0.15, 0.2) is 42.5 Å². The van der Waals surface area contributed by atoms with Gasteiger partial charge in [0.15, 0.2) is 6.61 Å². The molecule has 0 aromatic heterocycles. The third-order valence-electron chi connectivity index (χ3n) is 4.51. The minimum Gasteiger partial charge on any atom is -0.455 e. The van der Waals surface area contributed by atoms with Gasteiger partial charge in [-0.15, -0.1) is 0 Å². The Morgan fingerprint density at radius 2 is 1.71 bits per heavy atom. The second-order valence-corrected chi connectivity index (χ2v) is 7.68. The smallest absolute Gasteiger partial charge is 0.311 e. The van der Waals surface area contributed by atoms with Gasteiger partial charge in [-0.25, -0.2) is 0 Å². The molecule has 0 bridgehead atoms. The van der Waals surface area contributed by atoms with E-state index in [-0.39, 0.29) is 29.8 Å². The van der Waals surface area contributed by atoms with E-state index in [1.807, 2.05) is 0 Å². The summed E-state index contributed by atoms with van der Waals surface area (Å²) in [5, 5.41) is 5.74. The van der Waals surface area contributed by atoms with Gasteiger partial charge in [-0.1, -0.05) is 29.3 Å². The molecule has 8 nitrogen and oxygen atoms in total. The van der Waals surface area contributed by atoms with Crippen molar-refractivity contribution in [1.29, 1.82) is 0 Å². The lowest BCUT2D eigenvalue weighted by atomic mass is 10.1. The van der Waals surface area contributed by atoms with E-state index in [1.165, 1.54) is 11.8 Å². The van der Waals surface area contributed by atoms with Gasteiger partial charge in [-0.3, -0.25) is 19.2 Å². The highest BCUT2D eigenvalue weighted by atomic mass is 35.5. The van der Waals surface area contributed by atoms with Crippen LogP contribution in [-0.2, 0) is 23.9 Å².